The summed E-state index contributed by atoms with van der Waals surface area (Å²) in [6, 6.07) is 5.91. The number of amidine groups is 1. The smallest absolute Gasteiger partial charge is 0.310 e. The molecule has 1 aliphatic carbocycles. The number of nitrogens with one attached hydrogen (secondary N) is 2. The lowest BCUT2D eigenvalue weighted by molar-refractivity contribution is 0.203. The average Bonchev–Trinajstić information content (AvgIpc) is 3.05. The highest BCUT2D eigenvalue weighted by Crippen LogP contribution is 2.35. The Morgan fingerprint density at radius 3 is 2.47 bits per heavy atom. The van der Waals surface area contributed by atoms with Gasteiger partial charge < -0.3 is 4.90 Å². The first kappa shape index (κ1) is 12.2. The molecular formula is C15H19N3O. The minimum atomic E-state index is -0.230. The quantitative estimate of drug-likeness (QED) is 0.859. The van der Waals surface area contributed by atoms with Crippen LogP contribution >= 0.6 is 0 Å². The molecule has 1 atom stereocenters. The Bertz CT molecular complexity index is 528. The van der Waals surface area contributed by atoms with Crippen LogP contribution in [0.3, 0.4) is 0 Å². The normalized spacial score (nSPS) is 22.8. The van der Waals surface area contributed by atoms with Gasteiger partial charge in [-0.2, -0.15) is 0 Å². The first-order valence-electron chi connectivity index (χ1n) is 6.79. The maximum atomic E-state index is 12.0. The summed E-state index contributed by atoms with van der Waals surface area (Å²) < 4.78 is 0. The number of rotatable bonds is 3. The van der Waals surface area contributed by atoms with Gasteiger partial charge in [0, 0.05) is 6.54 Å². The zero-order valence-corrected chi connectivity index (χ0v) is 11.4. The van der Waals surface area contributed by atoms with Gasteiger partial charge in [0.15, 0.2) is 0 Å². The summed E-state index contributed by atoms with van der Waals surface area (Å²) in [6.07, 6.45) is 2.41. The van der Waals surface area contributed by atoms with Crippen molar-refractivity contribution in [2.24, 2.45) is 5.92 Å². The summed E-state index contributed by atoms with van der Waals surface area (Å²) in [7, 11) is 0. The zero-order chi connectivity index (χ0) is 13.6. The number of carbonyl (C=O) groups excluding carboxylic acids is 1. The van der Waals surface area contributed by atoms with Crippen molar-refractivity contribution in [1.29, 1.82) is 5.41 Å². The Labute approximate surface area is 113 Å². The summed E-state index contributed by atoms with van der Waals surface area (Å²) in [5.41, 5.74) is 3.39. The van der Waals surface area contributed by atoms with Crippen molar-refractivity contribution >= 4 is 11.9 Å². The third-order valence-electron chi connectivity index (χ3n) is 3.80. The molecule has 1 saturated carbocycles. The summed E-state index contributed by atoms with van der Waals surface area (Å²) in [5.74, 6) is 0.931. The second-order valence-electron chi connectivity index (χ2n) is 5.76. The topological polar surface area (TPSA) is 56.2 Å². The number of nitrogens with zero attached hydrogens (tertiary/aromatic N) is 1. The molecule has 2 fully saturated rings. The van der Waals surface area contributed by atoms with Crippen LogP contribution in [0.15, 0.2) is 18.2 Å². The van der Waals surface area contributed by atoms with E-state index < -0.39 is 0 Å². The first-order chi connectivity index (χ1) is 9.04. The molecule has 4 heteroatoms. The Morgan fingerprint density at radius 1 is 1.26 bits per heavy atom. The van der Waals surface area contributed by atoms with E-state index in [4.69, 9.17) is 5.41 Å². The number of urea groups is 1. The molecule has 1 unspecified atom stereocenters. The fourth-order valence-corrected chi connectivity index (χ4v) is 2.81. The number of aryl methyl sites for hydroxylation is 2. The van der Waals surface area contributed by atoms with Crippen LogP contribution in [0, 0.1) is 25.2 Å². The summed E-state index contributed by atoms with van der Waals surface area (Å²) in [4.78, 5) is 13.8. The maximum absolute atomic E-state index is 12.0. The predicted octanol–water partition coefficient (Wildman–Crippen LogP) is 2.76. The van der Waals surface area contributed by atoms with Crippen LogP contribution in [0.2, 0.25) is 0 Å². The number of hydrogen-bond donors (Lipinski definition) is 2. The minimum Gasteiger partial charge on any atom is -0.310 e. The molecule has 4 nitrogen and oxygen atoms in total. The van der Waals surface area contributed by atoms with Crippen molar-refractivity contribution in [1.82, 2.24) is 10.2 Å². The van der Waals surface area contributed by atoms with Crippen LogP contribution < -0.4 is 5.32 Å². The molecule has 2 amide bonds. The van der Waals surface area contributed by atoms with Gasteiger partial charge in [-0.05, 0) is 38.2 Å². The predicted molar refractivity (Wildman–Crippen MR) is 74.3 cm³/mol. The fourth-order valence-electron chi connectivity index (χ4n) is 2.81. The highest BCUT2D eigenvalue weighted by atomic mass is 16.2. The molecule has 0 spiro atoms. The molecule has 0 aromatic heterocycles. The van der Waals surface area contributed by atoms with Gasteiger partial charge in [0.2, 0.25) is 0 Å². The van der Waals surface area contributed by atoms with Crippen LogP contribution in [0.25, 0.3) is 0 Å². The van der Waals surface area contributed by atoms with Crippen molar-refractivity contribution in [2.75, 3.05) is 6.54 Å². The van der Waals surface area contributed by atoms with E-state index in [1.165, 1.54) is 24.0 Å². The molecule has 1 saturated heterocycles. The van der Waals surface area contributed by atoms with Crippen molar-refractivity contribution in [2.45, 2.75) is 32.7 Å². The lowest BCUT2D eigenvalue weighted by Crippen LogP contribution is -2.31. The summed E-state index contributed by atoms with van der Waals surface area (Å²) in [6.45, 7) is 4.87. The molecule has 3 rings (SSSR count). The van der Waals surface area contributed by atoms with Gasteiger partial charge in [-0.1, -0.05) is 29.3 Å². The first-order valence-corrected chi connectivity index (χ1v) is 6.79. The van der Waals surface area contributed by atoms with E-state index >= 15 is 0 Å². The van der Waals surface area contributed by atoms with E-state index in [1.807, 2.05) is 4.90 Å². The molecular weight excluding hydrogens is 238 g/mol. The lowest BCUT2D eigenvalue weighted by Gasteiger charge is -2.23. The van der Waals surface area contributed by atoms with Gasteiger partial charge in [0.05, 0.1) is 0 Å². The molecule has 1 aliphatic heterocycles. The Kier molecular flexibility index (Phi) is 2.81. The van der Waals surface area contributed by atoms with E-state index in [9.17, 15) is 4.79 Å². The van der Waals surface area contributed by atoms with Crippen LogP contribution in [0.1, 0.15) is 35.6 Å². The summed E-state index contributed by atoms with van der Waals surface area (Å²) in [5, 5.41) is 10.7. The van der Waals surface area contributed by atoms with Gasteiger partial charge in [-0.15, -0.1) is 0 Å². The largest absolute Gasteiger partial charge is 0.323 e. The van der Waals surface area contributed by atoms with Crippen molar-refractivity contribution in [3.05, 3.63) is 34.9 Å². The molecule has 1 aromatic rings. The lowest BCUT2D eigenvalue weighted by atomic mass is 10.00. The van der Waals surface area contributed by atoms with Gasteiger partial charge >= 0.3 is 6.03 Å². The van der Waals surface area contributed by atoms with E-state index in [2.05, 4.69) is 37.4 Å². The number of hydrogen-bond acceptors (Lipinski definition) is 2. The molecule has 19 heavy (non-hydrogen) atoms. The Hall–Kier alpha value is -1.84. The number of carbonyl (C=O) groups is 1. The standard InChI is InChI=1S/C15H19N3O/c1-9-5-10(2)7-12(6-9)13-14(16)17-15(19)18(13)8-11-3-4-11/h5-7,11,13H,3-4,8H2,1-2H3,(H2,16,17,19). The molecule has 1 heterocycles. The third kappa shape index (κ3) is 2.35. The molecule has 2 N–H and O–H groups in total. The maximum Gasteiger partial charge on any atom is 0.323 e. The fraction of sp³-hybridized carbons (Fsp3) is 0.467. The van der Waals surface area contributed by atoms with E-state index in [-0.39, 0.29) is 12.1 Å². The van der Waals surface area contributed by atoms with Crippen molar-refractivity contribution in [3.63, 3.8) is 0 Å². The third-order valence-corrected chi connectivity index (χ3v) is 3.80. The zero-order valence-electron chi connectivity index (χ0n) is 11.4. The molecule has 100 valence electrons. The molecule has 2 aliphatic rings. The summed E-state index contributed by atoms with van der Waals surface area (Å²) >= 11 is 0. The van der Waals surface area contributed by atoms with Gasteiger partial charge in [0.25, 0.3) is 0 Å². The van der Waals surface area contributed by atoms with Gasteiger partial charge in [-0.3, -0.25) is 10.7 Å². The van der Waals surface area contributed by atoms with E-state index in [0.29, 0.717) is 11.8 Å². The average molecular weight is 257 g/mol. The Balaban J connectivity index is 1.94. The van der Waals surface area contributed by atoms with Crippen LogP contribution in [0.4, 0.5) is 4.79 Å². The molecule has 0 bridgehead atoms. The second kappa shape index (κ2) is 4.37. The second-order valence-corrected chi connectivity index (χ2v) is 5.76. The van der Waals surface area contributed by atoms with Crippen molar-refractivity contribution < 1.29 is 4.79 Å². The number of benzene rings is 1. The van der Waals surface area contributed by atoms with Crippen molar-refractivity contribution in [3.8, 4) is 0 Å². The molecule has 0 radical (unpaired) electrons. The number of amides is 2. The van der Waals surface area contributed by atoms with Gasteiger partial charge in [0.1, 0.15) is 11.9 Å². The van der Waals surface area contributed by atoms with Crippen LogP contribution in [-0.4, -0.2) is 23.3 Å². The van der Waals surface area contributed by atoms with Crippen LogP contribution in [-0.2, 0) is 0 Å². The van der Waals surface area contributed by atoms with Crippen LogP contribution in [0.5, 0.6) is 0 Å². The highest BCUT2D eigenvalue weighted by Gasteiger charge is 2.39. The monoisotopic (exact) mass is 257 g/mol. The van der Waals surface area contributed by atoms with Gasteiger partial charge in [-0.25, -0.2) is 4.79 Å². The van der Waals surface area contributed by atoms with E-state index in [0.717, 1.165) is 12.1 Å². The SMILES string of the molecule is Cc1cc(C)cc(C2C(=N)NC(=O)N2CC2CC2)c1. The highest BCUT2D eigenvalue weighted by molar-refractivity contribution is 6.06. The van der Waals surface area contributed by atoms with E-state index in [1.54, 1.807) is 0 Å². The minimum absolute atomic E-state index is 0.124. The Morgan fingerprint density at radius 2 is 1.89 bits per heavy atom. The molecule has 1 aromatic carbocycles.